The number of hydrogen-bond donors (Lipinski definition) is 1. The molecule has 1 N–H and O–H groups in total. The third-order valence-electron chi connectivity index (χ3n) is 2.57. The number of aromatic nitrogens is 1. The fourth-order valence-corrected chi connectivity index (χ4v) is 1.55. The Bertz CT molecular complexity index is 290. The van der Waals surface area contributed by atoms with Gasteiger partial charge in [-0.1, -0.05) is 13.8 Å². The van der Waals surface area contributed by atoms with Crippen molar-refractivity contribution in [2.24, 2.45) is 0 Å². The molecule has 2 heteroatoms. The van der Waals surface area contributed by atoms with Gasteiger partial charge in [-0.15, -0.1) is 0 Å². The highest BCUT2D eigenvalue weighted by molar-refractivity contribution is 5.48. The molecule has 0 radical (unpaired) electrons. The average Bonchev–Trinajstić information content (AvgIpc) is 2.17. The Hall–Kier alpha value is -1.05. The molecule has 78 valence electrons. The molecule has 0 saturated carbocycles. The molecular weight excluding hydrogens is 172 g/mol. The molecule has 1 aromatic rings. The van der Waals surface area contributed by atoms with Crippen molar-refractivity contribution in [1.29, 1.82) is 0 Å². The van der Waals surface area contributed by atoms with Gasteiger partial charge in [-0.2, -0.15) is 0 Å². The second-order valence-corrected chi connectivity index (χ2v) is 3.74. The molecule has 0 aliphatic rings. The minimum absolute atomic E-state index is 0.568. The molecular formula is C12H20N2. The van der Waals surface area contributed by atoms with Crippen LogP contribution in [0.25, 0.3) is 0 Å². The molecule has 1 heterocycles. The first-order chi connectivity index (χ1) is 6.67. The first-order valence-corrected chi connectivity index (χ1v) is 5.38. The van der Waals surface area contributed by atoms with Crippen LogP contribution in [0.3, 0.4) is 0 Å². The number of nitrogens with one attached hydrogen (secondary N) is 1. The summed E-state index contributed by atoms with van der Waals surface area (Å²) in [5, 5.41) is 3.51. The van der Waals surface area contributed by atoms with Crippen molar-refractivity contribution in [1.82, 2.24) is 4.98 Å². The maximum absolute atomic E-state index is 4.43. The van der Waals surface area contributed by atoms with E-state index in [9.17, 15) is 0 Å². The van der Waals surface area contributed by atoms with Gasteiger partial charge in [0, 0.05) is 11.7 Å². The van der Waals surface area contributed by atoms with E-state index in [1.165, 1.54) is 5.69 Å². The van der Waals surface area contributed by atoms with Gasteiger partial charge in [-0.3, -0.25) is 4.98 Å². The monoisotopic (exact) mass is 192 g/mol. The zero-order valence-electron chi connectivity index (χ0n) is 9.59. The van der Waals surface area contributed by atoms with E-state index in [-0.39, 0.29) is 0 Å². The summed E-state index contributed by atoms with van der Waals surface area (Å²) in [6.45, 7) is 8.49. The number of anilines is 1. The molecule has 1 aromatic heterocycles. The minimum Gasteiger partial charge on any atom is -0.381 e. The third kappa shape index (κ3) is 2.72. The Balaban J connectivity index is 2.76. The lowest BCUT2D eigenvalue weighted by Crippen LogP contribution is -2.17. The van der Waals surface area contributed by atoms with Gasteiger partial charge in [0.05, 0.1) is 11.4 Å². The highest BCUT2D eigenvalue weighted by atomic mass is 14.9. The Morgan fingerprint density at radius 1 is 1.21 bits per heavy atom. The van der Waals surface area contributed by atoms with E-state index in [4.69, 9.17) is 0 Å². The molecule has 0 unspecified atom stereocenters. The average molecular weight is 192 g/mol. The smallest absolute Gasteiger partial charge is 0.0606 e. The summed E-state index contributed by atoms with van der Waals surface area (Å²) in [6, 6.07) is 4.74. The molecule has 0 atom stereocenters. The lowest BCUT2D eigenvalue weighted by atomic mass is 10.1. The summed E-state index contributed by atoms with van der Waals surface area (Å²) >= 11 is 0. The lowest BCUT2D eigenvalue weighted by molar-refractivity contribution is 0.670. The zero-order valence-corrected chi connectivity index (χ0v) is 9.59. The van der Waals surface area contributed by atoms with E-state index in [1.54, 1.807) is 0 Å². The van der Waals surface area contributed by atoms with Gasteiger partial charge in [0.1, 0.15) is 0 Å². The molecule has 0 aromatic carbocycles. The van der Waals surface area contributed by atoms with Crippen molar-refractivity contribution in [2.45, 2.75) is 46.6 Å². The SMILES string of the molecule is CCC(CC)Nc1ccc(C)nc1C. The van der Waals surface area contributed by atoms with Gasteiger partial charge >= 0.3 is 0 Å². The van der Waals surface area contributed by atoms with Crippen LogP contribution in [0.1, 0.15) is 38.1 Å². The van der Waals surface area contributed by atoms with E-state index < -0.39 is 0 Å². The van der Waals surface area contributed by atoms with Gasteiger partial charge in [0.25, 0.3) is 0 Å². The van der Waals surface area contributed by atoms with Crippen LogP contribution in [0.2, 0.25) is 0 Å². The number of pyridine rings is 1. The molecule has 0 bridgehead atoms. The maximum Gasteiger partial charge on any atom is 0.0606 e. The maximum atomic E-state index is 4.43. The summed E-state index contributed by atoms with van der Waals surface area (Å²) < 4.78 is 0. The number of nitrogens with zero attached hydrogens (tertiary/aromatic N) is 1. The van der Waals surface area contributed by atoms with Crippen LogP contribution in [0.15, 0.2) is 12.1 Å². The highest BCUT2D eigenvalue weighted by Crippen LogP contribution is 2.15. The van der Waals surface area contributed by atoms with E-state index in [0.717, 1.165) is 24.2 Å². The van der Waals surface area contributed by atoms with Crippen molar-refractivity contribution in [3.05, 3.63) is 23.5 Å². The van der Waals surface area contributed by atoms with Crippen LogP contribution in [0.4, 0.5) is 5.69 Å². The van der Waals surface area contributed by atoms with E-state index in [2.05, 4.69) is 43.2 Å². The zero-order chi connectivity index (χ0) is 10.6. The minimum atomic E-state index is 0.568. The fourth-order valence-electron chi connectivity index (χ4n) is 1.55. The highest BCUT2D eigenvalue weighted by Gasteiger charge is 2.05. The molecule has 0 spiro atoms. The van der Waals surface area contributed by atoms with Crippen molar-refractivity contribution >= 4 is 5.69 Å². The summed E-state index contributed by atoms with van der Waals surface area (Å²) in [4.78, 5) is 4.43. The standard InChI is InChI=1S/C12H20N2/c1-5-11(6-2)14-12-8-7-9(3)13-10(12)4/h7-8,11,14H,5-6H2,1-4H3. The Morgan fingerprint density at radius 3 is 2.36 bits per heavy atom. The fraction of sp³-hybridized carbons (Fsp3) is 0.583. The van der Waals surface area contributed by atoms with E-state index in [0.29, 0.717) is 6.04 Å². The van der Waals surface area contributed by atoms with Crippen LogP contribution >= 0.6 is 0 Å². The summed E-state index contributed by atoms with van der Waals surface area (Å²) in [7, 11) is 0. The normalized spacial score (nSPS) is 10.6. The molecule has 0 aliphatic carbocycles. The Labute approximate surface area is 86.8 Å². The van der Waals surface area contributed by atoms with Gasteiger partial charge in [-0.05, 0) is 38.8 Å². The van der Waals surface area contributed by atoms with Crippen molar-refractivity contribution in [2.75, 3.05) is 5.32 Å². The molecule has 0 saturated heterocycles. The lowest BCUT2D eigenvalue weighted by Gasteiger charge is -2.17. The molecule has 1 rings (SSSR count). The molecule has 14 heavy (non-hydrogen) atoms. The van der Waals surface area contributed by atoms with Crippen LogP contribution in [0, 0.1) is 13.8 Å². The summed E-state index contributed by atoms with van der Waals surface area (Å²) in [6.07, 6.45) is 2.31. The van der Waals surface area contributed by atoms with Crippen molar-refractivity contribution < 1.29 is 0 Å². The van der Waals surface area contributed by atoms with Gasteiger partial charge in [0.15, 0.2) is 0 Å². The first-order valence-electron chi connectivity index (χ1n) is 5.38. The predicted octanol–water partition coefficient (Wildman–Crippen LogP) is 3.30. The second kappa shape index (κ2) is 4.99. The van der Waals surface area contributed by atoms with Gasteiger partial charge < -0.3 is 5.32 Å². The third-order valence-corrected chi connectivity index (χ3v) is 2.57. The molecule has 0 aliphatic heterocycles. The van der Waals surface area contributed by atoms with Crippen LogP contribution < -0.4 is 5.32 Å². The topological polar surface area (TPSA) is 24.9 Å². The van der Waals surface area contributed by atoms with Gasteiger partial charge in [0.2, 0.25) is 0 Å². The summed E-state index contributed by atoms with van der Waals surface area (Å²) in [5.41, 5.74) is 3.35. The quantitative estimate of drug-likeness (QED) is 0.791. The van der Waals surface area contributed by atoms with Gasteiger partial charge in [-0.25, -0.2) is 0 Å². The van der Waals surface area contributed by atoms with E-state index >= 15 is 0 Å². The van der Waals surface area contributed by atoms with E-state index in [1.807, 2.05) is 6.92 Å². The van der Waals surface area contributed by atoms with Crippen LogP contribution in [0.5, 0.6) is 0 Å². The Morgan fingerprint density at radius 2 is 1.86 bits per heavy atom. The molecule has 0 amide bonds. The second-order valence-electron chi connectivity index (χ2n) is 3.74. The largest absolute Gasteiger partial charge is 0.381 e. The van der Waals surface area contributed by atoms with Crippen LogP contribution in [-0.2, 0) is 0 Å². The molecule has 0 fully saturated rings. The summed E-state index contributed by atoms with van der Waals surface area (Å²) in [5.74, 6) is 0. The molecule has 2 nitrogen and oxygen atoms in total. The van der Waals surface area contributed by atoms with Crippen LogP contribution in [-0.4, -0.2) is 11.0 Å². The number of aryl methyl sites for hydroxylation is 2. The van der Waals surface area contributed by atoms with Crippen molar-refractivity contribution in [3.63, 3.8) is 0 Å². The number of rotatable bonds is 4. The Kier molecular flexibility index (Phi) is 3.93. The number of hydrogen-bond acceptors (Lipinski definition) is 2. The first kappa shape index (κ1) is 11.0. The van der Waals surface area contributed by atoms with Crippen molar-refractivity contribution in [3.8, 4) is 0 Å². The predicted molar refractivity (Wildman–Crippen MR) is 61.7 cm³/mol.